The molecule has 2 heterocycles. The lowest BCUT2D eigenvalue weighted by atomic mass is 10.1. The van der Waals surface area contributed by atoms with Gasteiger partial charge in [0, 0.05) is 24.4 Å². The lowest BCUT2D eigenvalue weighted by molar-refractivity contribution is 0.0965. The van der Waals surface area contributed by atoms with Crippen molar-refractivity contribution in [3.05, 3.63) is 40.2 Å². The van der Waals surface area contributed by atoms with E-state index >= 15 is 0 Å². The summed E-state index contributed by atoms with van der Waals surface area (Å²) >= 11 is 0. The van der Waals surface area contributed by atoms with Crippen LogP contribution >= 0.6 is 0 Å². The summed E-state index contributed by atoms with van der Waals surface area (Å²) < 4.78 is 5.12. The normalized spacial score (nSPS) is 15.6. The van der Waals surface area contributed by atoms with Crippen LogP contribution in [0, 0.1) is 0 Å². The van der Waals surface area contributed by atoms with Gasteiger partial charge in [0.1, 0.15) is 16.9 Å². The van der Waals surface area contributed by atoms with Gasteiger partial charge in [-0.25, -0.2) is 4.79 Å². The summed E-state index contributed by atoms with van der Waals surface area (Å²) in [7, 11) is 0. The second kappa shape index (κ2) is 5.69. The molecule has 0 atom stereocenters. The first-order chi connectivity index (χ1) is 10.1. The number of carbonyl (C=O) groups is 1. The standard InChI is InChI=1S/C16H17NO4/c18-12-4-3-11-9-13(16(20)21-15(11)10-12)14(19)5-8-17-6-1-2-7-17/h3-4,9-10,18H,1-2,5-8H2. The summed E-state index contributed by atoms with van der Waals surface area (Å²) in [5, 5.41) is 10.0. The Balaban J connectivity index is 1.82. The Morgan fingerprint density at radius 1 is 1.24 bits per heavy atom. The Morgan fingerprint density at radius 2 is 2.00 bits per heavy atom. The number of carbonyl (C=O) groups excluding carboxylic acids is 1. The molecule has 1 aromatic heterocycles. The number of hydrogen-bond donors (Lipinski definition) is 1. The van der Waals surface area contributed by atoms with E-state index < -0.39 is 5.63 Å². The van der Waals surface area contributed by atoms with Crippen LogP contribution < -0.4 is 5.63 Å². The highest BCUT2D eigenvalue weighted by Gasteiger charge is 2.17. The van der Waals surface area contributed by atoms with Crippen LogP contribution in [0.25, 0.3) is 11.0 Å². The van der Waals surface area contributed by atoms with Crippen LogP contribution in [0.4, 0.5) is 0 Å². The van der Waals surface area contributed by atoms with Crippen molar-refractivity contribution in [3.63, 3.8) is 0 Å². The van der Waals surface area contributed by atoms with Crippen molar-refractivity contribution in [2.75, 3.05) is 19.6 Å². The number of phenols is 1. The molecule has 0 aliphatic carbocycles. The first-order valence-electron chi connectivity index (χ1n) is 7.16. The molecule has 0 amide bonds. The van der Waals surface area contributed by atoms with Crippen molar-refractivity contribution < 1.29 is 14.3 Å². The number of Topliss-reactive ketones (excluding diaryl/α,β-unsaturated/α-hetero) is 1. The third-order valence-electron chi connectivity index (χ3n) is 3.87. The number of benzene rings is 1. The first kappa shape index (κ1) is 13.8. The van der Waals surface area contributed by atoms with Crippen LogP contribution in [0.1, 0.15) is 29.6 Å². The zero-order chi connectivity index (χ0) is 14.8. The molecule has 5 nitrogen and oxygen atoms in total. The van der Waals surface area contributed by atoms with Gasteiger partial charge in [-0.3, -0.25) is 4.79 Å². The molecule has 1 aliphatic rings. The summed E-state index contributed by atoms with van der Waals surface area (Å²) in [6.45, 7) is 2.74. The number of phenolic OH excluding ortho intramolecular Hbond substituents is 1. The molecule has 5 heteroatoms. The largest absolute Gasteiger partial charge is 0.508 e. The monoisotopic (exact) mass is 287 g/mol. The number of nitrogens with zero attached hydrogens (tertiary/aromatic N) is 1. The summed E-state index contributed by atoms with van der Waals surface area (Å²) in [6, 6.07) is 6.05. The number of ketones is 1. The second-order valence-corrected chi connectivity index (χ2v) is 5.39. The molecule has 110 valence electrons. The van der Waals surface area contributed by atoms with Crippen LogP contribution in [0.5, 0.6) is 5.75 Å². The predicted molar refractivity (Wildman–Crippen MR) is 78.8 cm³/mol. The van der Waals surface area contributed by atoms with Crippen molar-refractivity contribution in [1.82, 2.24) is 4.90 Å². The van der Waals surface area contributed by atoms with E-state index in [0.29, 0.717) is 18.4 Å². The zero-order valence-corrected chi connectivity index (χ0v) is 11.7. The highest BCUT2D eigenvalue weighted by atomic mass is 16.4. The maximum atomic E-state index is 12.2. The first-order valence-corrected chi connectivity index (χ1v) is 7.16. The van der Waals surface area contributed by atoms with Gasteiger partial charge < -0.3 is 14.4 Å². The predicted octanol–water partition coefficient (Wildman–Crippen LogP) is 2.17. The number of hydrogen-bond acceptors (Lipinski definition) is 5. The van der Waals surface area contributed by atoms with Gasteiger partial charge >= 0.3 is 5.63 Å². The Morgan fingerprint density at radius 3 is 2.76 bits per heavy atom. The third kappa shape index (κ3) is 2.97. The molecule has 0 unspecified atom stereocenters. The van der Waals surface area contributed by atoms with Gasteiger partial charge in [-0.15, -0.1) is 0 Å². The molecular weight excluding hydrogens is 270 g/mol. The molecule has 0 radical (unpaired) electrons. The van der Waals surface area contributed by atoms with Gasteiger partial charge in [0.25, 0.3) is 0 Å². The SMILES string of the molecule is O=C(CCN1CCCC1)c1cc2ccc(O)cc2oc1=O. The van der Waals surface area contributed by atoms with Crippen LogP contribution in [0.15, 0.2) is 33.5 Å². The lowest BCUT2D eigenvalue weighted by Gasteiger charge is -2.13. The highest BCUT2D eigenvalue weighted by molar-refractivity contribution is 5.98. The maximum absolute atomic E-state index is 12.2. The molecule has 1 aromatic carbocycles. The van der Waals surface area contributed by atoms with E-state index in [2.05, 4.69) is 4.90 Å². The summed E-state index contributed by atoms with van der Waals surface area (Å²) in [5.74, 6) is -0.163. The van der Waals surface area contributed by atoms with Crippen molar-refractivity contribution in [1.29, 1.82) is 0 Å². The van der Waals surface area contributed by atoms with Crippen LogP contribution in [-0.4, -0.2) is 35.4 Å². The van der Waals surface area contributed by atoms with E-state index in [9.17, 15) is 14.7 Å². The van der Waals surface area contributed by atoms with E-state index in [1.807, 2.05) is 0 Å². The summed E-state index contributed by atoms with van der Waals surface area (Å²) in [5.41, 5.74) is -0.261. The van der Waals surface area contributed by atoms with Gasteiger partial charge in [-0.2, -0.15) is 0 Å². The highest BCUT2D eigenvalue weighted by Crippen LogP contribution is 2.19. The average molecular weight is 287 g/mol. The van der Waals surface area contributed by atoms with Gasteiger partial charge in [0.2, 0.25) is 0 Å². The molecule has 1 fully saturated rings. The van der Waals surface area contributed by atoms with Gasteiger partial charge in [-0.05, 0) is 44.1 Å². The van der Waals surface area contributed by atoms with E-state index in [0.717, 1.165) is 13.1 Å². The zero-order valence-electron chi connectivity index (χ0n) is 11.7. The fourth-order valence-corrected chi connectivity index (χ4v) is 2.69. The molecule has 1 saturated heterocycles. The molecule has 1 N–H and O–H groups in total. The van der Waals surface area contributed by atoms with Crippen molar-refractivity contribution in [3.8, 4) is 5.75 Å². The molecular formula is C16H17NO4. The number of aromatic hydroxyl groups is 1. The minimum Gasteiger partial charge on any atom is -0.508 e. The molecule has 0 bridgehead atoms. The fourth-order valence-electron chi connectivity index (χ4n) is 2.69. The number of rotatable bonds is 4. The summed E-state index contributed by atoms with van der Waals surface area (Å²) in [4.78, 5) is 26.3. The third-order valence-corrected chi connectivity index (χ3v) is 3.87. The molecule has 3 rings (SSSR count). The van der Waals surface area contributed by atoms with Gasteiger partial charge in [0.15, 0.2) is 5.78 Å². The van der Waals surface area contributed by atoms with Crippen LogP contribution in [0.3, 0.4) is 0 Å². The Bertz CT molecular complexity index is 729. The number of likely N-dealkylation sites (tertiary alicyclic amines) is 1. The van der Waals surface area contributed by atoms with E-state index in [4.69, 9.17) is 4.42 Å². The Hall–Kier alpha value is -2.14. The second-order valence-electron chi connectivity index (χ2n) is 5.39. The maximum Gasteiger partial charge on any atom is 0.347 e. The van der Waals surface area contributed by atoms with Gasteiger partial charge in [-0.1, -0.05) is 0 Å². The smallest absolute Gasteiger partial charge is 0.347 e. The molecule has 2 aromatic rings. The quantitative estimate of drug-likeness (QED) is 0.689. The average Bonchev–Trinajstić information content (AvgIpc) is 2.97. The number of fused-ring (bicyclic) bond motifs is 1. The van der Waals surface area contributed by atoms with Crippen molar-refractivity contribution >= 4 is 16.8 Å². The van der Waals surface area contributed by atoms with E-state index in [1.54, 1.807) is 12.1 Å². The Labute approximate surface area is 121 Å². The molecule has 21 heavy (non-hydrogen) atoms. The molecule has 1 aliphatic heterocycles. The molecule has 0 saturated carbocycles. The molecule has 0 spiro atoms. The summed E-state index contributed by atoms with van der Waals surface area (Å²) in [6.07, 6.45) is 2.68. The van der Waals surface area contributed by atoms with E-state index in [-0.39, 0.29) is 22.7 Å². The van der Waals surface area contributed by atoms with E-state index in [1.165, 1.54) is 25.0 Å². The Kier molecular flexibility index (Phi) is 3.75. The fraction of sp³-hybridized carbons (Fsp3) is 0.375. The minimum atomic E-state index is -0.639. The minimum absolute atomic E-state index is 0.0266. The van der Waals surface area contributed by atoms with Crippen LogP contribution in [0.2, 0.25) is 0 Å². The van der Waals surface area contributed by atoms with Crippen LogP contribution in [-0.2, 0) is 0 Å². The lowest BCUT2D eigenvalue weighted by Crippen LogP contribution is -2.24. The van der Waals surface area contributed by atoms with Gasteiger partial charge in [0.05, 0.1) is 0 Å². The topological polar surface area (TPSA) is 70.8 Å². The van der Waals surface area contributed by atoms with Crippen molar-refractivity contribution in [2.45, 2.75) is 19.3 Å². The van der Waals surface area contributed by atoms with Crippen molar-refractivity contribution in [2.24, 2.45) is 0 Å².